The molecule has 0 aliphatic rings. The molecule has 0 radical (unpaired) electrons. The van der Waals surface area contributed by atoms with E-state index in [1.54, 1.807) is 31.2 Å². The van der Waals surface area contributed by atoms with Crippen molar-refractivity contribution < 1.29 is 17.9 Å². The zero-order valence-corrected chi connectivity index (χ0v) is 19.7. The number of carbonyl (C=O) groups is 1. The summed E-state index contributed by atoms with van der Waals surface area (Å²) >= 11 is 3.31. The van der Waals surface area contributed by atoms with Crippen LogP contribution in [0.25, 0.3) is 0 Å². The minimum absolute atomic E-state index is 0.0906. The van der Waals surface area contributed by atoms with Crippen molar-refractivity contribution in [1.29, 1.82) is 0 Å². The summed E-state index contributed by atoms with van der Waals surface area (Å²) in [4.78, 5) is 12.5. The number of carbonyl (C=O) groups excluding carboxylic acids is 1. The third-order valence-electron chi connectivity index (χ3n) is 4.69. The van der Waals surface area contributed by atoms with E-state index in [1.165, 1.54) is 24.3 Å². The largest absolute Gasteiger partial charge is 0.481 e. The molecule has 0 heterocycles. The van der Waals surface area contributed by atoms with Crippen LogP contribution in [0, 0.1) is 13.8 Å². The molecule has 0 aliphatic carbocycles. The number of benzene rings is 3. The van der Waals surface area contributed by atoms with Crippen molar-refractivity contribution in [3.8, 4) is 5.75 Å². The van der Waals surface area contributed by atoms with Crippen molar-refractivity contribution in [2.75, 3.05) is 10.0 Å². The Kier molecular flexibility index (Phi) is 7.02. The highest BCUT2D eigenvalue weighted by Crippen LogP contribution is 2.21. The summed E-state index contributed by atoms with van der Waals surface area (Å²) in [6.45, 7) is 5.65. The van der Waals surface area contributed by atoms with Crippen LogP contribution in [0.3, 0.4) is 0 Å². The highest BCUT2D eigenvalue weighted by Gasteiger charge is 2.17. The van der Waals surface area contributed by atoms with E-state index in [1.807, 2.05) is 32.0 Å². The summed E-state index contributed by atoms with van der Waals surface area (Å²) in [6, 6.07) is 18.4. The Hall–Kier alpha value is -2.84. The molecule has 162 valence electrons. The summed E-state index contributed by atoms with van der Waals surface area (Å²) in [7, 11) is -3.74. The molecule has 3 aromatic carbocycles. The lowest BCUT2D eigenvalue weighted by atomic mass is 10.1. The summed E-state index contributed by atoms with van der Waals surface area (Å²) in [5.41, 5.74) is 3.16. The quantitative estimate of drug-likeness (QED) is 0.460. The van der Waals surface area contributed by atoms with Gasteiger partial charge in [-0.25, -0.2) is 8.42 Å². The van der Waals surface area contributed by atoms with Gasteiger partial charge in [0.2, 0.25) is 0 Å². The van der Waals surface area contributed by atoms with Crippen molar-refractivity contribution in [1.82, 2.24) is 0 Å². The van der Waals surface area contributed by atoms with E-state index in [2.05, 4.69) is 26.0 Å². The molecule has 3 aromatic rings. The van der Waals surface area contributed by atoms with Crippen LogP contribution in [-0.4, -0.2) is 20.4 Å². The van der Waals surface area contributed by atoms with Gasteiger partial charge in [0.25, 0.3) is 15.9 Å². The van der Waals surface area contributed by atoms with E-state index in [0.717, 1.165) is 15.6 Å². The molecule has 0 saturated heterocycles. The van der Waals surface area contributed by atoms with Gasteiger partial charge in [-0.15, -0.1) is 0 Å². The summed E-state index contributed by atoms with van der Waals surface area (Å²) in [5.74, 6) is 0.285. The molecule has 0 unspecified atom stereocenters. The van der Waals surface area contributed by atoms with Crippen LogP contribution in [-0.2, 0) is 14.8 Å². The first kappa shape index (κ1) is 22.8. The molecule has 6 nitrogen and oxygen atoms in total. The highest BCUT2D eigenvalue weighted by atomic mass is 79.9. The van der Waals surface area contributed by atoms with Gasteiger partial charge in [0.15, 0.2) is 6.10 Å². The second-order valence-electron chi connectivity index (χ2n) is 7.13. The molecular weight excluding hydrogens is 480 g/mol. The Morgan fingerprint density at radius 1 is 0.903 bits per heavy atom. The zero-order valence-electron chi connectivity index (χ0n) is 17.3. The molecule has 0 aliphatic heterocycles. The first-order valence-electron chi connectivity index (χ1n) is 9.57. The molecule has 0 spiro atoms. The number of sulfonamides is 1. The van der Waals surface area contributed by atoms with Gasteiger partial charge in [0, 0.05) is 15.8 Å². The smallest absolute Gasteiger partial charge is 0.265 e. The van der Waals surface area contributed by atoms with Gasteiger partial charge in [-0.3, -0.25) is 9.52 Å². The average Bonchev–Trinajstić information content (AvgIpc) is 2.72. The molecule has 2 N–H and O–H groups in total. The SMILES string of the molecule is Cc1ccc(O[C@@H](C)C(=O)Nc2ccc(S(=O)(=O)Nc3ccc(Br)cc3)cc2)cc1C. The second kappa shape index (κ2) is 9.53. The van der Waals surface area contributed by atoms with Gasteiger partial charge in [0.1, 0.15) is 5.75 Å². The van der Waals surface area contributed by atoms with Gasteiger partial charge in [0.05, 0.1) is 4.90 Å². The van der Waals surface area contributed by atoms with Crippen LogP contribution in [0.2, 0.25) is 0 Å². The van der Waals surface area contributed by atoms with E-state index in [9.17, 15) is 13.2 Å². The first-order chi connectivity index (χ1) is 14.6. The molecule has 31 heavy (non-hydrogen) atoms. The number of halogens is 1. The molecule has 0 aromatic heterocycles. The zero-order chi connectivity index (χ0) is 22.6. The molecule has 3 rings (SSSR count). The molecule has 0 saturated carbocycles. The van der Waals surface area contributed by atoms with Crippen molar-refractivity contribution >= 4 is 43.2 Å². The van der Waals surface area contributed by atoms with E-state index < -0.39 is 16.1 Å². The summed E-state index contributed by atoms with van der Waals surface area (Å²) in [5, 5.41) is 2.74. The van der Waals surface area contributed by atoms with Gasteiger partial charge < -0.3 is 10.1 Å². The third-order valence-corrected chi connectivity index (χ3v) is 6.61. The Balaban J connectivity index is 1.63. The van der Waals surface area contributed by atoms with Crippen molar-refractivity contribution in [2.45, 2.75) is 31.8 Å². The number of hydrogen-bond donors (Lipinski definition) is 2. The molecule has 0 bridgehead atoms. The Morgan fingerprint density at radius 3 is 2.13 bits per heavy atom. The topological polar surface area (TPSA) is 84.5 Å². The lowest BCUT2D eigenvalue weighted by Gasteiger charge is -2.16. The second-order valence-corrected chi connectivity index (χ2v) is 9.73. The number of rotatable bonds is 7. The lowest BCUT2D eigenvalue weighted by Crippen LogP contribution is -2.30. The molecular formula is C23H23BrN2O4S. The maximum Gasteiger partial charge on any atom is 0.265 e. The summed E-state index contributed by atoms with van der Waals surface area (Å²) in [6.07, 6.45) is -0.718. The number of amides is 1. The van der Waals surface area contributed by atoms with Gasteiger partial charge in [-0.2, -0.15) is 0 Å². The molecule has 1 atom stereocenters. The van der Waals surface area contributed by atoms with Crippen LogP contribution < -0.4 is 14.8 Å². The fourth-order valence-corrected chi connectivity index (χ4v) is 4.06. The fourth-order valence-electron chi connectivity index (χ4n) is 2.74. The number of aryl methyl sites for hydroxylation is 2. The lowest BCUT2D eigenvalue weighted by molar-refractivity contribution is -0.122. The minimum Gasteiger partial charge on any atom is -0.481 e. The van der Waals surface area contributed by atoms with Gasteiger partial charge in [-0.1, -0.05) is 22.0 Å². The number of anilines is 2. The van der Waals surface area contributed by atoms with E-state index in [4.69, 9.17) is 4.74 Å². The normalized spacial score (nSPS) is 12.1. The monoisotopic (exact) mass is 502 g/mol. The van der Waals surface area contributed by atoms with E-state index in [0.29, 0.717) is 17.1 Å². The predicted octanol–water partition coefficient (Wildman–Crippen LogP) is 5.27. The van der Waals surface area contributed by atoms with Crippen LogP contribution >= 0.6 is 15.9 Å². The molecule has 0 fully saturated rings. The number of hydrogen-bond acceptors (Lipinski definition) is 4. The van der Waals surface area contributed by atoms with Crippen LogP contribution in [0.4, 0.5) is 11.4 Å². The Bertz CT molecular complexity index is 1180. The first-order valence-corrected chi connectivity index (χ1v) is 11.8. The summed E-state index contributed by atoms with van der Waals surface area (Å²) < 4.78 is 34.2. The number of nitrogens with one attached hydrogen (secondary N) is 2. The Labute approximate surface area is 190 Å². The standard InChI is InChI=1S/C23H23BrN2O4S/c1-15-4-11-21(14-16(15)2)30-17(3)23(27)25-19-9-12-22(13-10-19)31(28,29)26-20-7-5-18(24)6-8-20/h4-14,17,26H,1-3H3,(H,25,27)/t17-/m0/s1. The Morgan fingerprint density at radius 2 is 1.52 bits per heavy atom. The maximum atomic E-state index is 12.6. The van der Waals surface area contributed by atoms with Crippen LogP contribution in [0.15, 0.2) is 76.1 Å². The van der Waals surface area contributed by atoms with Crippen molar-refractivity contribution in [3.05, 3.63) is 82.3 Å². The molecule has 8 heteroatoms. The maximum absolute atomic E-state index is 12.6. The van der Waals surface area contributed by atoms with Crippen molar-refractivity contribution in [3.63, 3.8) is 0 Å². The number of ether oxygens (including phenoxy) is 1. The minimum atomic E-state index is -3.74. The van der Waals surface area contributed by atoms with Crippen molar-refractivity contribution in [2.24, 2.45) is 0 Å². The van der Waals surface area contributed by atoms with Gasteiger partial charge in [-0.05, 0) is 92.6 Å². The van der Waals surface area contributed by atoms with Crippen LogP contribution in [0.1, 0.15) is 18.1 Å². The van der Waals surface area contributed by atoms with Gasteiger partial charge >= 0.3 is 0 Å². The van der Waals surface area contributed by atoms with Crippen LogP contribution in [0.5, 0.6) is 5.75 Å². The highest BCUT2D eigenvalue weighted by molar-refractivity contribution is 9.10. The fraction of sp³-hybridized carbons (Fsp3) is 0.174. The van der Waals surface area contributed by atoms with E-state index in [-0.39, 0.29) is 10.8 Å². The predicted molar refractivity (Wildman–Crippen MR) is 126 cm³/mol. The average molecular weight is 503 g/mol. The third kappa shape index (κ3) is 6.08. The van der Waals surface area contributed by atoms with E-state index >= 15 is 0 Å². The molecule has 1 amide bonds.